The standard InChI is InChI=1S/C31H57NO10/c1-3-5-7-9-11-12-13-15-17-19-24(35)30(40)32-22(26(36)23(34)18-16-14-10-8-6-4-2)21-41-31-29(39)28(38)27(37)25(20-33)42-31/h8-11,22-29,31,33-39H,3-7,12-21H2,1-2H3,(H,32,40)/b10-8+,11-9-. The molecular formula is C31H57NO10. The Kier molecular flexibility index (Phi) is 21.2. The van der Waals surface area contributed by atoms with E-state index in [1.54, 1.807) is 0 Å². The summed E-state index contributed by atoms with van der Waals surface area (Å²) in [7, 11) is 0. The molecule has 1 amide bonds. The quantitative estimate of drug-likeness (QED) is 0.0629. The average molecular weight is 604 g/mol. The molecule has 1 aliphatic rings. The number of hydrogen-bond acceptors (Lipinski definition) is 10. The monoisotopic (exact) mass is 603 g/mol. The van der Waals surface area contributed by atoms with Gasteiger partial charge in [0.1, 0.15) is 36.6 Å². The molecule has 1 heterocycles. The Hall–Kier alpha value is -1.41. The zero-order chi connectivity index (χ0) is 31.3. The summed E-state index contributed by atoms with van der Waals surface area (Å²) in [6, 6.07) is -1.18. The Balaban J connectivity index is 2.72. The van der Waals surface area contributed by atoms with Gasteiger partial charge < -0.3 is 50.5 Å². The molecule has 0 saturated carbocycles. The fourth-order valence-corrected chi connectivity index (χ4v) is 4.66. The van der Waals surface area contributed by atoms with Crippen LogP contribution in [0.1, 0.15) is 97.3 Å². The number of unbranched alkanes of at least 4 members (excludes halogenated alkanes) is 7. The lowest BCUT2D eigenvalue weighted by Gasteiger charge is -2.40. The Morgan fingerprint density at radius 2 is 1.45 bits per heavy atom. The van der Waals surface area contributed by atoms with E-state index < -0.39 is 74.2 Å². The molecule has 8 N–H and O–H groups in total. The Bertz CT molecular complexity index is 749. The summed E-state index contributed by atoms with van der Waals surface area (Å²) in [5, 5.41) is 74.3. The first-order chi connectivity index (χ1) is 20.2. The molecule has 0 aromatic rings. The second-order valence-electron chi connectivity index (χ2n) is 11.2. The molecule has 9 unspecified atom stereocenters. The molecule has 42 heavy (non-hydrogen) atoms. The third-order valence-electron chi connectivity index (χ3n) is 7.46. The van der Waals surface area contributed by atoms with E-state index in [1.165, 1.54) is 6.42 Å². The smallest absolute Gasteiger partial charge is 0.249 e. The minimum absolute atomic E-state index is 0.231. The number of amides is 1. The van der Waals surface area contributed by atoms with Gasteiger partial charge in [0.15, 0.2) is 6.29 Å². The van der Waals surface area contributed by atoms with Crippen LogP contribution in [0.25, 0.3) is 0 Å². The molecule has 1 rings (SSSR count). The van der Waals surface area contributed by atoms with Gasteiger partial charge in [0, 0.05) is 0 Å². The highest BCUT2D eigenvalue weighted by Gasteiger charge is 2.44. The molecule has 0 aliphatic carbocycles. The van der Waals surface area contributed by atoms with Crippen molar-refractivity contribution in [1.29, 1.82) is 0 Å². The number of aliphatic hydroxyl groups excluding tert-OH is 7. The maximum atomic E-state index is 12.8. The summed E-state index contributed by atoms with van der Waals surface area (Å²) in [6.45, 7) is 3.15. The van der Waals surface area contributed by atoms with Crippen LogP contribution in [0.15, 0.2) is 24.3 Å². The van der Waals surface area contributed by atoms with Crippen LogP contribution in [-0.4, -0.2) is 110 Å². The first-order valence-electron chi connectivity index (χ1n) is 15.7. The summed E-state index contributed by atoms with van der Waals surface area (Å²) >= 11 is 0. The van der Waals surface area contributed by atoms with Crippen molar-refractivity contribution in [3.8, 4) is 0 Å². The van der Waals surface area contributed by atoms with Crippen LogP contribution in [0.4, 0.5) is 0 Å². The first kappa shape index (κ1) is 38.6. The van der Waals surface area contributed by atoms with Crippen LogP contribution in [0.5, 0.6) is 0 Å². The van der Waals surface area contributed by atoms with E-state index in [9.17, 15) is 40.5 Å². The highest BCUT2D eigenvalue weighted by atomic mass is 16.7. The van der Waals surface area contributed by atoms with Crippen molar-refractivity contribution in [3.05, 3.63) is 24.3 Å². The Morgan fingerprint density at radius 1 is 0.810 bits per heavy atom. The summed E-state index contributed by atoms with van der Waals surface area (Å²) in [5.41, 5.74) is 0. The van der Waals surface area contributed by atoms with Crippen LogP contribution in [0.3, 0.4) is 0 Å². The van der Waals surface area contributed by atoms with Crippen molar-refractivity contribution in [3.63, 3.8) is 0 Å². The maximum absolute atomic E-state index is 12.8. The van der Waals surface area contributed by atoms with Gasteiger partial charge in [-0.3, -0.25) is 4.79 Å². The van der Waals surface area contributed by atoms with E-state index in [0.29, 0.717) is 12.8 Å². The Labute approximate surface area is 251 Å². The van der Waals surface area contributed by atoms with Gasteiger partial charge in [-0.25, -0.2) is 0 Å². The molecule has 1 saturated heterocycles. The molecule has 0 radical (unpaired) electrons. The number of hydrogen-bond donors (Lipinski definition) is 8. The number of carbonyl (C=O) groups is 1. The van der Waals surface area contributed by atoms with Crippen molar-refractivity contribution >= 4 is 5.91 Å². The molecule has 1 fully saturated rings. The van der Waals surface area contributed by atoms with Crippen LogP contribution < -0.4 is 5.32 Å². The SMILES string of the molecule is CCC/C=C/CCCC(O)C(O)C(COC1OC(CO)C(O)C(O)C1O)NC(=O)C(O)CCCCC/C=C\CCCC. The van der Waals surface area contributed by atoms with Gasteiger partial charge in [-0.05, 0) is 51.4 Å². The van der Waals surface area contributed by atoms with E-state index >= 15 is 0 Å². The average Bonchev–Trinajstić information content (AvgIpc) is 2.98. The van der Waals surface area contributed by atoms with Crippen molar-refractivity contribution in [1.82, 2.24) is 5.32 Å². The van der Waals surface area contributed by atoms with E-state index in [0.717, 1.165) is 51.4 Å². The number of carbonyl (C=O) groups excluding carboxylic acids is 1. The molecule has 9 atom stereocenters. The lowest BCUT2D eigenvalue weighted by Crippen LogP contribution is -2.60. The van der Waals surface area contributed by atoms with Gasteiger partial charge in [0.05, 0.1) is 25.4 Å². The molecule has 1 aliphatic heterocycles. The number of rotatable bonds is 23. The predicted octanol–water partition coefficient (Wildman–Crippen LogP) is 1.59. The molecule has 0 spiro atoms. The van der Waals surface area contributed by atoms with Crippen LogP contribution in [0, 0.1) is 0 Å². The molecule has 0 aromatic heterocycles. The molecule has 0 bridgehead atoms. The second-order valence-corrected chi connectivity index (χ2v) is 11.2. The largest absolute Gasteiger partial charge is 0.394 e. The maximum Gasteiger partial charge on any atom is 0.249 e. The fraction of sp³-hybridized carbons (Fsp3) is 0.839. The lowest BCUT2D eigenvalue weighted by atomic mass is 9.98. The number of allylic oxidation sites excluding steroid dienone is 4. The molecule has 11 nitrogen and oxygen atoms in total. The highest BCUT2D eigenvalue weighted by Crippen LogP contribution is 2.22. The number of aliphatic hydroxyl groups is 7. The van der Waals surface area contributed by atoms with Crippen molar-refractivity contribution in [2.24, 2.45) is 0 Å². The summed E-state index contributed by atoms with van der Waals surface area (Å²) in [5.74, 6) is -0.731. The van der Waals surface area contributed by atoms with Gasteiger partial charge in [0.25, 0.3) is 0 Å². The van der Waals surface area contributed by atoms with Gasteiger partial charge in [0.2, 0.25) is 5.91 Å². The number of ether oxygens (including phenoxy) is 2. The third kappa shape index (κ3) is 14.9. The zero-order valence-electron chi connectivity index (χ0n) is 25.5. The minimum Gasteiger partial charge on any atom is -0.394 e. The van der Waals surface area contributed by atoms with Crippen LogP contribution >= 0.6 is 0 Å². The van der Waals surface area contributed by atoms with Crippen LogP contribution in [0.2, 0.25) is 0 Å². The van der Waals surface area contributed by atoms with E-state index in [2.05, 4.69) is 37.4 Å². The van der Waals surface area contributed by atoms with Crippen molar-refractivity contribution < 1.29 is 50.0 Å². The summed E-state index contributed by atoms with van der Waals surface area (Å²) in [4.78, 5) is 12.8. The summed E-state index contributed by atoms with van der Waals surface area (Å²) < 4.78 is 10.9. The molecule has 11 heteroatoms. The van der Waals surface area contributed by atoms with Gasteiger partial charge >= 0.3 is 0 Å². The van der Waals surface area contributed by atoms with E-state index in [4.69, 9.17) is 9.47 Å². The highest BCUT2D eigenvalue weighted by molar-refractivity contribution is 5.80. The third-order valence-corrected chi connectivity index (χ3v) is 7.46. The topological polar surface area (TPSA) is 189 Å². The first-order valence-corrected chi connectivity index (χ1v) is 15.7. The lowest BCUT2D eigenvalue weighted by molar-refractivity contribution is -0.303. The van der Waals surface area contributed by atoms with Crippen molar-refractivity contribution in [2.45, 2.75) is 152 Å². The normalized spacial score (nSPS) is 26.0. The minimum atomic E-state index is -1.66. The summed E-state index contributed by atoms with van der Waals surface area (Å²) in [6.07, 6.45) is 7.47. The van der Waals surface area contributed by atoms with Crippen molar-refractivity contribution in [2.75, 3.05) is 13.2 Å². The van der Waals surface area contributed by atoms with Gasteiger partial charge in [-0.1, -0.05) is 70.3 Å². The molecular weight excluding hydrogens is 546 g/mol. The Morgan fingerprint density at radius 3 is 2.10 bits per heavy atom. The number of nitrogens with one attached hydrogen (secondary N) is 1. The molecule has 0 aromatic carbocycles. The fourth-order valence-electron chi connectivity index (χ4n) is 4.66. The van der Waals surface area contributed by atoms with Gasteiger partial charge in [-0.2, -0.15) is 0 Å². The van der Waals surface area contributed by atoms with Crippen LogP contribution in [-0.2, 0) is 14.3 Å². The predicted molar refractivity (Wildman–Crippen MR) is 159 cm³/mol. The second kappa shape index (κ2) is 23.0. The molecule has 246 valence electrons. The van der Waals surface area contributed by atoms with E-state index in [-0.39, 0.29) is 12.8 Å². The van der Waals surface area contributed by atoms with Gasteiger partial charge in [-0.15, -0.1) is 0 Å². The zero-order valence-corrected chi connectivity index (χ0v) is 25.5. The van der Waals surface area contributed by atoms with E-state index in [1.807, 2.05) is 6.08 Å².